The largest absolute Gasteiger partial charge is 0.369 e. The molecule has 110 valence electrons. The number of anilines is 1. The summed E-state index contributed by atoms with van der Waals surface area (Å²) in [4.78, 5) is 9.40. The van der Waals surface area contributed by atoms with Gasteiger partial charge < -0.3 is 10.2 Å². The van der Waals surface area contributed by atoms with Gasteiger partial charge in [0.1, 0.15) is 0 Å². The highest BCUT2D eigenvalue weighted by atomic mass is 15.3. The van der Waals surface area contributed by atoms with Gasteiger partial charge in [0.2, 0.25) is 0 Å². The average Bonchev–Trinajstić information content (AvgIpc) is 3.31. The van der Waals surface area contributed by atoms with Crippen LogP contribution >= 0.6 is 0 Å². The molecule has 2 aliphatic rings. The van der Waals surface area contributed by atoms with E-state index in [-0.39, 0.29) is 0 Å². The normalized spacial score (nSPS) is 20.4. The van der Waals surface area contributed by atoms with Gasteiger partial charge in [-0.1, -0.05) is 6.92 Å². The van der Waals surface area contributed by atoms with Crippen LogP contribution in [0.5, 0.6) is 0 Å². The van der Waals surface area contributed by atoms with Crippen molar-refractivity contribution in [3.05, 3.63) is 24.0 Å². The zero-order valence-electron chi connectivity index (χ0n) is 12.5. The van der Waals surface area contributed by atoms with Crippen molar-refractivity contribution in [2.45, 2.75) is 38.8 Å². The van der Waals surface area contributed by atoms with E-state index in [1.165, 1.54) is 50.1 Å². The van der Waals surface area contributed by atoms with Crippen LogP contribution in [-0.2, 0) is 6.54 Å². The van der Waals surface area contributed by atoms with Gasteiger partial charge in [-0.05, 0) is 31.9 Å². The highest BCUT2D eigenvalue weighted by Gasteiger charge is 2.22. The lowest BCUT2D eigenvalue weighted by Crippen LogP contribution is -2.47. The molecule has 4 nitrogen and oxygen atoms in total. The number of piperazine rings is 1. The Labute approximate surface area is 122 Å². The van der Waals surface area contributed by atoms with Gasteiger partial charge in [0.05, 0.1) is 0 Å². The molecule has 4 heteroatoms. The van der Waals surface area contributed by atoms with Gasteiger partial charge in [-0.15, -0.1) is 0 Å². The van der Waals surface area contributed by atoms with Crippen molar-refractivity contribution in [2.75, 3.05) is 37.6 Å². The molecule has 1 saturated carbocycles. The van der Waals surface area contributed by atoms with Crippen molar-refractivity contribution in [1.29, 1.82) is 0 Å². The third kappa shape index (κ3) is 3.49. The summed E-state index contributed by atoms with van der Waals surface area (Å²) in [6.07, 6.45) is 7.89. The van der Waals surface area contributed by atoms with Crippen LogP contribution in [0.3, 0.4) is 0 Å². The zero-order valence-corrected chi connectivity index (χ0v) is 12.5. The van der Waals surface area contributed by atoms with Crippen molar-refractivity contribution in [3.63, 3.8) is 0 Å². The minimum atomic E-state index is 0.754. The number of hydrogen-bond acceptors (Lipinski definition) is 4. The molecule has 0 bridgehead atoms. The molecule has 1 N–H and O–H groups in total. The maximum atomic E-state index is 4.31. The summed E-state index contributed by atoms with van der Waals surface area (Å²) < 4.78 is 0. The van der Waals surface area contributed by atoms with Crippen LogP contribution in [0.2, 0.25) is 0 Å². The first kappa shape index (κ1) is 13.8. The van der Waals surface area contributed by atoms with E-state index in [0.29, 0.717) is 0 Å². The standard InChI is InChI=1S/C16H26N4/c1-2-7-19-8-10-20(11-9-19)16-5-6-17-12-14(16)13-18-15-3-4-15/h5-6,12,15,18H,2-4,7-11,13H2,1H3. The molecule has 3 rings (SSSR count). The van der Waals surface area contributed by atoms with E-state index in [1.54, 1.807) is 0 Å². The Balaban J connectivity index is 1.61. The van der Waals surface area contributed by atoms with Gasteiger partial charge >= 0.3 is 0 Å². The molecular weight excluding hydrogens is 248 g/mol. The topological polar surface area (TPSA) is 31.4 Å². The van der Waals surface area contributed by atoms with Crippen molar-refractivity contribution in [1.82, 2.24) is 15.2 Å². The van der Waals surface area contributed by atoms with Gasteiger partial charge in [-0.25, -0.2) is 0 Å². The number of rotatable bonds is 6. The van der Waals surface area contributed by atoms with Crippen molar-refractivity contribution < 1.29 is 0 Å². The number of hydrogen-bond donors (Lipinski definition) is 1. The van der Waals surface area contributed by atoms with Crippen molar-refractivity contribution >= 4 is 5.69 Å². The second-order valence-electron chi connectivity index (χ2n) is 5.99. The maximum absolute atomic E-state index is 4.31. The summed E-state index contributed by atoms with van der Waals surface area (Å²) in [5, 5.41) is 3.60. The van der Waals surface area contributed by atoms with Crippen LogP contribution < -0.4 is 10.2 Å². The average molecular weight is 274 g/mol. The van der Waals surface area contributed by atoms with E-state index in [0.717, 1.165) is 25.7 Å². The molecule has 0 spiro atoms. The molecule has 1 aromatic heterocycles. The Morgan fingerprint density at radius 3 is 2.75 bits per heavy atom. The van der Waals surface area contributed by atoms with E-state index in [4.69, 9.17) is 0 Å². The first-order chi connectivity index (χ1) is 9.86. The van der Waals surface area contributed by atoms with Crippen LogP contribution in [0, 0.1) is 0 Å². The Bertz CT molecular complexity index is 422. The predicted molar refractivity (Wildman–Crippen MR) is 83.0 cm³/mol. The number of pyridine rings is 1. The first-order valence-electron chi connectivity index (χ1n) is 8.00. The molecule has 1 aliphatic heterocycles. The smallest absolute Gasteiger partial charge is 0.0443 e. The fourth-order valence-corrected chi connectivity index (χ4v) is 2.93. The summed E-state index contributed by atoms with van der Waals surface area (Å²) in [5.41, 5.74) is 2.73. The number of nitrogens with zero attached hydrogens (tertiary/aromatic N) is 3. The minimum absolute atomic E-state index is 0.754. The molecule has 0 radical (unpaired) electrons. The third-order valence-electron chi connectivity index (χ3n) is 4.29. The summed E-state index contributed by atoms with van der Waals surface area (Å²) in [6.45, 7) is 9.11. The van der Waals surface area contributed by atoms with Gasteiger partial charge in [-0.3, -0.25) is 9.88 Å². The molecule has 20 heavy (non-hydrogen) atoms. The van der Waals surface area contributed by atoms with Crippen LogP contribution in [0.4, 0.5) is 5.69 Å². The van der Waals surface area contributed by atoms with Crippen molar-refractivity contribution in [3.8, 4) is 0 Å². The van der Waals surface area contributed by atoms with Crippen LogP contribution in [-0.4, -0.2) is 48.6 Å². The Hall–Kier alpha value is -1.13. The quantitative estimate of drug-likeness (QED) is 0.858. The highest BCUT2D eigenvalue weighted by molar-refractivity contribution is 5.52. The second-order valence-corrected chi connectivity index (χ2v) is 5.99. The molecule has 0 aromatic carbocycles. The van der Waals surface area contributed by atoms with E-state index in [1.807, 2.05) is 12.4 Å². The second kappa shape index (κ2) is 6.55. The lowest BCUT2D eigenvalue weighted by molar-refractivity contribution is 0.258. The zero-order chi connectivity index (χ0) is 13.8. The van der Waals surface area contributed by atoms with E-state index in [9.17, 15) is 0 Å². The Morgan fingerprint density at radius 2 is 2.05 bits per heavy atom. The fourth-order valence-electron chi connectivity index (χ4n) is 2.93. The lowest BCUT2D eigenvalue weighted by Gasteiger charge is -2.36. The summed E-state index contributed by atoms with van der Waals surface area (Å²) in [7, 11) is 0. The highest BCUT2D eigenvalue weighted by Crippen LogP contribution is 2.23. The first-order valence-corrected chi connectivity index (χ1v) is 8.00. The fraction of sp³-hybridized carbons (Fsp3) is 0.688. The van der Waals surface area contributed by atoms with Gasteiger partial charge in [0.15, 0.2) is 0 Å². The van der Waals surface area contributed by atoms with E-state index >= 15 is 0 Å². The Morgan fingerprint density at radius 1 is 1.25 bits per heavy atom. The third-order valence-corrected chi connectivity index (χ3v) is 4.29. The van der Waals surface area contributed by atoms with E-state index < -0.39 is 0 Å². The molecule has 0 atom stereocenters. The van der Waals surface area contributed by atoms with Crippen molar-refractivity contribution in [2.24, 2.45) is 0 Å². The van der Waals surface area contributed by atoms with Crippen LogP contribution in [0.1, 0.15) is 31.7 Å². The number of nitrogens with one attached hydrogen (secondary N) is 1. The van der Waals surface area contributed by atoms with Gasteiger partial charge in [0, 0.05) is 62.4 Å². The molecule has 0 amide bonds. The molecular formula is C16H26N4. The SMILES string of the molecule is CCCN1CCN(c2ccncc2CNC2CC2)CC1. The van der Waals surface area contributed by atoms with Crippen LogP contribution in [0.25, 0.3) is 0 Å². The number of aromatic nitrogens is 1. The molecule has 1 aromatic rings. The Kier molecular flexibility index (Phi) is 4.53. The minimum Gasteiger partial charge on any atom is -0.369 e. The monoisotopic (exact) mass is 274 g/mol. The molecule has 1 aliphatic carbocycles. The van der Waals surface area contributed by atoms with Gasteiger partial charge in [-0.2, -0.15) is 0 Å². The maximum Gasteiger partial charge on any atom is 0.0443 e. The molecule has 1 saturated heterocycles. The summed E-state index contributed by atoms with van der Waals surface area (Å²) in [6, 6.07) is 2.93. The van der Waals surface area contributed by atoms with Gasteiger partial charge in [0.25, 0.3) is 0 Å². The predicted octanol–water partition coefficient (Wildman–Crippen LogP) is 1.87. The molecule has 2 heterocycles. The summed E-state index contributed by atoms with van der Waals surface area (Å²) >= 11 is 0. The summed E-state index contributed by atoms with van der Waals surface area (Å²) in [5.74, 6) is 0. The van der Waals surface area contributed by atoms with E-state index in [2.05, 4.69) is 33.1 Å². The molecule has 2 fully saturated rings. The lowest BCUT2D eigenvalue weighted by atomic mass is 10.2. The van der Waals surface area contributed by atoms with Crippen LogP contribution in [0.15, 0.2) is 18.5 Å². The molecule has 0 unspecified atom stereocenters.